The monoisotopic (exact) mass is 642 g/mol. The molecule has 3 N–H and O–H groups in total. The molecule has 12 nitrogen and oxygen atoms in total. The van der Waals surface area contributed by atoms with E-state index in [1.54, 1.807) is 12.1 Å². The number of halogens is 2. The summed E-state index contributed by atoms with van der Waals surface area (Å²) in [5, 5.41) is 15.2. The van der Waals surface area contributed by atoms with Crippen LogP contribution >= 0.6 is 11.6 Å². The van der Waals surface area contributed by atoms with Gasteiger partial charge in [-0.2, -0.15) is 0 Å². The molecule has 1 aliphatic rings. The lowest BCUT2D eigenvalue weighted by atomic mass is 10.0. The number of aromatic amines is 1. The standard InChI is InChI=1S/C29H28ClFN6O6S/c1-17-3-2-4-25(27(17)37(40)41)44(42,43)35-21-9-11-36(12-10-21)29(39)23(13-18-5-7-20(31)8-6-18)34-28(38)22-14-19-15-26(30)32-16-24(19)33-22/h2-8,14-16,21,23,33,35H,9-13H2,1H3,(H,34,38)/t23-/m0/s1. The molecule has 230 valence electrons. The van der Waals surface area contributed by atoms with E-state index in [0.717, 1.165) is 0 Å². The molecule has 0 spiro atoms. The number of nitrogens with one attached hydrogen (secondary N) is 3. The van der Waals surface area contributed by atoms with Crippen LogP contribution in [0.25, 0.3) is 10.9 Å². The molecule has 0 radical (unpaired) electrons. The molecule has 2 aromatic carbocycles. The Morgan fingerprint density at radius 3 is 2.57 bits per heavy atom. The number of para-hydroxylation sites is 1. The maximum atomic E-state index is 13.7. The van der Waals surface area contributed by atoms with Gasteiger partial charge in [-0.3, -0.25) is 19.7 Å². The van der Waals surface area contributed by atoms with Crippen molar-refractivity contribution in [3.63, 3.8) is 0 Å². The summed E-state index contributed by atoms with van der Waals surface area (Å²) in [4.78, 5) is 45.8. The van der Waals surface area contributed by atoms with Crippen LogP contribution in [0.15, 0.2) is 65.7 Å². The largest absolute Gasteiger partial charge is 0.349 e. The van der Waals surface area contributed by atoms with E-state index in [0.29, 0.717) is 16.5 Å². The number of sulfonamides is 1. The molecule has 3 heterocycles. The van der Waals surface area contributed by atoms with Crippen LogP contribution in [0.3, 0.4) is 0 Å². The van der Waals surface area contributed by atoms with E-state index < -0.39 is 49.3 Å². The van der Waals surface area contributed by atoms with Gasteiger partial charge in [-0.15, -0.1) is 0 Å². The number of hydrogen-bond donors (Lipinski definition) is 3. The summed E-state index contributed by atoms with van der Waals surface area (Å²) in [6.45, 7) is 1.82. The average Bonchev–Trinajstić information content (AvgIpc) is 3.41. The highest BCUT2D eigenvalue weighted by Gasteiger charge is 2.34. The highest BCUT2D eigenvalue weighted by Crippen LogP contribution is 2.28. The Morgan fingerprint density at radius 2 is 1.89 bits per heavy atom. The van der Waals surface area contributed by atoms with E-state index >= 15 is 0 Å². The second kappa shape index (κ2) is 12.7. The number of piperidine rings is 1. The average molecular weight is 643 g/mol. The second-order valence-corrected chi connectivity index (χ2v) is 12.6. The number of nitrogens with zero attached hydrogens (tertiary/aromatic N) is 3. The van der Waals surface area contributed by atoms with Gasteiger partial charge in [0.25, 0.3) is 11.6 Å². The Labute approximate surface area is 256 Å². The van der Waals surface area contributed by atoms with Crippen molar-refractivity contribution in [2.75, 3.05) is 13.1 Å². The van der Waals surface area contributed by atoms with E-state index in [9.17, 15) is 32.5 Å². The molecule has 2 aromatic heterocycles. The van der Waals surface area contributed by atoms with Crippen molar-refractivity contribution in [3.05, 3.63) is 98.7 Å². The van der Waals surface area contributed by atoms with Crippen LogP contribution in [0.1, 0.15) is 34.5 Å². The highest BCUT2D eigenvalue weighted by atomic mass is 35.5. The summed E-state index contributed by atoms with van der Waals surface area (Å²) >= 11 is 5.96. The molecular weight excluding hydrogens is 615 g/mol. The number of H-pyrrole nitrogens is 1. The van der Waals surface area contributed by atoms with Gasteiger partial charge in [0.15, 0.2) is 4.90 Å². The van der Waals surface area contributed by atoms with Crippen LogP contribution in [0.4, 0.5) is 10.1 Å². The van der Waals surface area contributed by atoms with Crippen LogP contribution in [0, 0.1) is 22.9 Å². The van der Waals surface area contributed by atoms with Gasteiger partial charge < -0.3 is 15.2 Å². The lowest BCUT2D eigenvalue weighted by Gasteiger charge is -2.34. The molecular formula is C29H28ClFN6O6S. The topological polar surface area (TPSA) is 167 Å². The van der Waals surface area contributed by atoms with E-state index in [1.807, 2.05) is 0 Å². The van der Waals surface area contributed by atoms with E-state index in [4.69, 9.17) is 11.6 Å². The van der Waals surface area contributed by atoms with E-state index in [-0.39, 0.29) is 54.7 Å². The summed E-state index contributed by atoms with van der Waals surface area (Å²) in [7, 11) is -4.22. The number of aryl methyl sites for hydroxylation is 1. The van der Waals surface area contributed by atoms with Gasteiger partial charge in [0.2, 0.25) is 15.9 Å². The third-order valence-electron chi connectivity index (χ3n) is 7.47. The van der Waals surface area contributed by atoms with Crippen molar-refractivity contribution < 1.29 is 27.3 Å². The number of likely N-dealkylation sites (tertiary alicyclic amines) is 1. The van der Waals surface area contributed by atoms with Gasteiger partial charge in [-0.1, -0.05) is 35.9 Å². The molecule has 0 unspecified atom stereocenters. The van der Waals surface area contributed by atoms with Gasteiger partial charge in [0.05, 0.1) is 16.6 Å². The number of aromatic nitrogens is 2. The molecule has 0 aliphatic carbocycles. The number of carbonyl (C=O) groups excluding carboxylic acids is 2. The number of nitro groups is 1. The number of benzene rings is 2. The SMILES string of the molecule is Cc1cccc(S(=O)(=O)NC2CCN(C(=O)[C@H](Cc3ccc(F)cc3)NC(=O)c3cc4cc(Cl)ncc4[nH]3)CC2)c1[N+](=O)[O-]. The first-order chi connectivity index (χ1) is 20.9. The van der Waals surface area contributed by atoms with Gasteiger partial charge in [0, 0.05) is 36.5 Å². The lowest BCUT2D eigenvalue weighted by molar-refractivity contribution is -0.388. The Hall–Kier alpha value is -4.40. The molecule has 0 bridgehead atoms. The van der Waals surface area contributed by atoms with Gasteiger partial charge in [-0.05, 0) is 55.7 Å². The van der Waals surface area contributed by atoms with Crippen molar-refractivity contribution in [3.8, 4) is 0 Å². The zero-order valence-electron chi connectivity index (χ0n) is 23.4. The Bertz CT molecular complexity index is 1840. The predicted molar refractivity (Wildman–Crippen MR) is 160 cm³/mol. The summed E-state index contributed by atoms with van der Waals surface area (Å²) in [6, 6.07) is 11.3. The molecule has 2 amide bonds. The summed E-state index contributed by atoms with van der Waals surface area (Å²) in [6.07, 6.45) is 2.07. The van der Waals surface area contributed by atoms with Crippen LogP contribution in [-0.4, -0.2) is 65.2 Å². The normalized spacial score (nSPS) is 14.8. The highest BCUT2D eigenvalue weighted by molar-refractivity contribution is 7.89. The number of pyridine rings is 1. The summed E-state index contributed by atoms with van der Waals surface area (Å²) in [5.41, 5.74) is 1.14. The Balaban J connectivity index is 1.29. The van der Waals surface area contributed by atoms with Crippen molar-refractivity contribution in [2.24, 2.45) is 0 Å². The smallest absolute Gasteiger partial charge is 0.292 e. The third-order valence-corrected chi connectivity index (χ3v) is 9.23. The molecule has 1 saturated heterocycles. The second-order valence-electron chi connectivity index (χ2n) is 10.5. The summed E-state index contributed by atoms with van der Waals surface area (Å²) < 4.78 is 42.2. The first kappa shape index (κ1) is 31.0. The Morgan fingerprint density at radius 1 is 1.18 bits per heavy atom. The number of amides is 2. The van der Waals surface area contributed by atoms with Crippen molar-refractivity contribution in [1.82, 2.24) is 24.9 Å². The number of fused-ring (bicyclic) bond motifs is 1. The van der Waals surface area contributed by atoms with Crippen LogP contribution in [0.2, 0.25) is 5.15 Å². The fourth-order valence-corrected chi connectivity index (χ4v) is 6.94. The van der Waals surface area contributed by atoms with Crippen molar-refractivity contribution in [2.45, 2.75) is 43.2 Å². The molecule has 44 heavy (non-hydrogen) atoms. The van der Waals surface area contributed by atoms with Crippen LogP contribution in [0.5, 0.6) is 0 Å². The minimum absolute atomic E-state index is 0.0854. The fraction of sp³-hybridized carbons (Fsp3) is 0.276. The molecule has 4 aromatic rings. The number of carbonyl (C=O) groups is 2. The number of nitro benzene ring substituents is 1. The first-order valence-electron chi connectivity index (χ1n) is 13.7. The molecule has 1 atom stereocenters. The first-order valence-corrected chi connectivity index (χ1v) is 15.5. The van der Waals surface area contributed by atoms with Crippen LogP contribution in [-0.2, 0) is 21.2 Å². The molecule has 5 rings (SSSR count). The maximum Gasteiger partial charge on any atom is 0.292 e. The molecule has 15 heteroatoms. The van der Waals surface area contributed by atoms with E-state index in [2.05, 4.69) is 20.0 Å². The minimum Gasteiger partial charge on any atom is -0.349 e. The zero-order valence-corrected chi connectivity index (χ0v) is 25.0. The molecule has 0 saturated carbocycles. The lowest BCUT2D eigenvalue weighted by Crippen LogP contribution is -2.53. The molecule has 1 aliphatic heterocycles. The number of rotatable bonds is 9. The van der Waals surface area contributed by atoms with E-state index in [1.165, 1.54) is 60.5 Å². The molecule has 1 fully saturated rings. The summed E-state index contributed by atoms with van der Waals surface area (Å²) in [5.74, 6) is -1.37. The van der Waals surface area contributed by atoms with Crippen molar-refractivity contribution >= 4 is 50.0 Å². The minimum atomic E-state index is -4.22. The van der Waals surface area contributed by atoms with Gasteiger partial charge >= 0.3 is 0 Å². The predicted octanol–water partition coefficient (Wildman–Crippen LogP) is 3.88. The van der Waals surface area contributed by atoms with Crippen LogP contribution < -0.4 is 10.0 Å². The number of hydrogen-bond acceptors (Lipinski definition) is 7. The third kappa shape index (κ3) is 6.87. The zero-order chi connectivity index (χ0) is 31.6. The fourth-order valence-electron chi connectivity index (χ4n) is 5.22. The van der Waals surface area contributed by atoms with Crippen molar-refractivity contribution in [1.29, 1.82) is 0 Å². The quantitative estimate of drug-likeness (QED) is 0.141. The van der Waals surface area contributed by atoms with Gasteiger partial charge in [0.1, 0.15) is 22.7 Å². The maximum absolute atomic E-state index is 13.7. The Kier molecular flexibility index (Phi) is 8.95. The van der Waals surface area contributed by atoms with Gasteiger partial charge in [-0.25, -0.2) is 22.5 Å².